The van der Waals surface area contributed by atoms with E-state index in [2.05, 4.69) is 0 Å². The van der Waals surface area contributed by atoms with Crippen LogP contribution in [0.25, 0.3) is 0 Å². The van der Waals surface area contributed by atoms with Crippen molar-refractivity contribution in [2.24, 2.45) is 5.14 Å². The zero-order valence-electron chi connectivity index (χ0n) is 9.18. The molecule has 0 radical (unpaired) electrons. The van der Waals surface area contributed by atoms with Gasteiger partial charge in [0.15, 0.2) is 4.90 Å². The van der Waals surface area contributed by atoms with Gasteiger partial charge in [0.2, 0.25) is 10.0 Å². The second-order valence-corrected chi connectivity index (χ2v) is 4.40. The van der Waals surface area contributed by atoms with Crippen molar-refractivity contribution in [1.82, 2.24) is 0 Å². The third kappa shape index (κ3) is 2.37. The second-order valence-electron chi connectivity index (χ2n) is 2.91. The molecule has 7 heteroatoms. The SMILES string of the molecule is COc1cc(OC)c(S(N)(=O)=O)c(OC)c1. The van der Waals surface area contributed by atoms with Crippen LogP contribution in [0.3, 0.4) is 0 Å². The van der Waals surface area contributed by atoms with Crippen LogP contribution in [0.4, 0.5) is 0 Å². The van der Waals surface area contributed by atoms with E-state index in [9.17, 15) is 8.42 Å². The minimum Gasteiger partial charge on any atom is -0.496 e. The molecule has 1 aromatic carbocycles. The summed E-state index contributed by atoms with van der Waals surface area (Å²) in [5.41, 5.74) is 0. The van der Waals surface area contributed by atoms with Gasteiger partial charge in [-0.3, -0.25) is 0 Å². The smallest absolute Gasteiger partial charge is 0.245 e. The molecule has 0 aliphatic rings. The summed E-state index contributed by atoms with van der Waals surface area (Å²) >= 11 is 0. The lowest BCUT2D eigenvalue weighted by atomic mass is 10.3. The average Bonchev–Trinajstić information content (AvgIpc) is 2.25. The number of primary sulfonamides is 1. The molecule has 0 aliphatic carbocycles. The van der Waals surface area contributed by atoms with E-state index in [-0.39, 0.29) is 16.4 Å². The number of hydrogen-bond acceptors (Lipinski definition) is 5. The quantitative estimate of drug-likeness (QED) is 0.830. The molecular formula is C9H13NO5S. The van der Waals surface area contributed by atoms with Crippen LogP contribution in [0.2, 0.25) is 0 Å². The van der Waals surface area contributed by atoms with Crippen LogP contribution in [0.15, 0.2) is 17.0 Å². The average molecular weight is 247 g/mol. The van der Waals surface area contributed by atoms with Crippen molar-refractivity contribution >= 4 is 10.0 Å². The summed E-state index contributed by atoms with van der Waals surface area (Å²) in [6.07, 6.45) is 0. The van der Waals surface area contributed by atoms with E-state index in [0.29, 0.717) is 5.75 Å². The molecule has 0 atom stereocenters. The van der Waals surface area contributed by atoms with Crippen molar-refractivity contribution in [2.75, 3.05) is 21.3 Å². The molecule has 0 fully saturated rings. The lowest BCUT2D eigenvalue weighted by Gasteiger charge is -2.12. The predicted octanol–water partition coefficient (Wildman–Crippen LogP) is 0.360. The van der Waals surface area contributed by atoms with Gasteiger partial charge in [-0.15, -0.1) is 0 Å². The van der Waals surface area contributed by atoms with E-state index in [1.54, 1.807) is 0 Å². The molecule has 0 unspecified atom stereocenters. The van der Waals surface area contributed by atoms with Gasteiger partial charge in [-0.25, -0.2) is 13.6 Å². The maximum atomic E-state index is 11.4. The fourth-order valence-electron chi connectivity index (χ4n) is 1.25. The van der Waals surface area contributed by atoms with Crippen molar-refractivity contribution < 1.29 is 22.6 Å². The van der Waals surface area contributed by atoms with E-state index in [1.165, 1.54) is 33.5 Å². The van der Waals surface area contributed by atoms with E-state index in [1.807, 2.05) is 0 Å². The highest BCUT2D eigenvalue weighted by Crippen LogP contribution is 2.36. The van der Waals surface area contributed by atoms with Gasteiger partial charge < -0.3 is 14.2 Å². The van der Waals surface area contributed by atoms with Crippen LogP contribution in [-0.4, -0.2) is 29.7 Å². The minimum atomic E-state index is -3.92. The monoisotopic (exact) mass is 247 g/mol. The Morgan fingerprint density at radius 2 is 1.44 bits per heavy atom. The van der Waals surface area contributed by atoms with Crippen LogP contribution in [-0.2, 0) is 10.0 Å². The molecule has 0 aliphatic heterocycles. The minimum absolute atomic E-state index is 0.0821. The summed E-state index contributed by atoms with van der Waals surface area (Å²) in [6.45, 7) is 0. The lowest BCUT2D eigenvalue weighted by molar-refractivity contribution is 0.359. The summed E-state index contributed by atoms with van der Waals surface area (Å²) in [5.74, 6) is 0.582. The Balaban J connectivity index is 3.57. The Morgan fingerprint density at radius 3 is 1.69 bits per heavy atom. The first-order valence-corrected chi connectivity index (χ1v) is 5.81. The Kier molecular flexibility index (Phi) is 3.61. The predicted molar refractivity (Wildman–Crippen MR) is 57.5 cm³/mol. The first kappa shape index (κ1) is 12.6. The Bertz CT molecular complexity index is 458. The molecule has 2 N–H and O–H groups in total. The van der Waals surface area contributed by atoms with E-state index >= 15 is 0 Å². The van der Waals surface area contributed by atoms with Crippen LogP contribution in [0, 0.1) is 0 Å². The van der Waals surface area contributed by atoms with Gasteiger partial charge in [0.05, 0.1) is 21.3 Å². The Labute approximate surface area is 94.0 Å². The maximum Gasteiger partial charge on any atom is 0.245 e. The van der Waals surface area contributed by atoms with Gasteiger partial charge in [-0.05, 0) is 0 Å². The van der Waals surface area contributed by atoms with Gasteiger partial charge in [0.25, 0.3) is 0 Å². The molecule has 0 spiro atoms. The Morgan fingerprint density at radius 1 is 1.00 bits per heavy atom. The van der Waals surface area contributed by atoms with Crippen molar-refractivity contribution in [2.45, 2.75) is 4.90 Å². The number of sulfonamides is 1. The molecule has 0 saturated heterocycles. The van der Waals surface area contributed by atoms with Gasteiger partial charge in [-0.2, -0.15) is 0 Å². The molecule has 0 aromatic heterocycles. The van der Waals surface area contributed by atoms with Crippen molar-refractivity contribution in [1.29, 1.82) is 0 Å². The van der Waals surface area contributed by atoms with Gasteiger partial charge in [0.1, 0.15) is 17.2 Å². The van der Waals surface area contributed by atoms with Gasteiger partial charge in [-0.1, -0.05) is 0 Å². The molecule has 90 valence electrons. The number of methoxy groups -OCH3 is 3. The summed E-state index contributed by atoms with van der Waals surface area (Å²) < 4.78 is 37.6. The highest BCUT2D eigenvalue weighted by Gasteiger charge is 2.22. The highest BCUT2D eigenvalue weighted by molar-refractivity contribution is 7.89. The number of ether oxygens (including phenoxy) is 3. The van der Waals surface area contributed by atoms with Crippen LogP contribution < -0.4 is 19.3 Å². The highest BCUT2D eigenvalue weighted by atomic mass is 32.2. The van der Waals surface area contributed by atoms with E-state index in [0.717, 1.165) is 0 Å². The first-order chi connectivity index (χ1) is 7.43. The van der Waals surface area contributed by atoms with E-state index < -0.39 is 10.0 Å². The lowest BCUT2D eigenvalue weighted by Crippen LogP contribution is -2.15. The van der Waals surface area contributed by atoms with Gasteiger partial charge >= 0.3 is 0 Å². The topological polar surface area (TPSA) is 87.9 Å². The fourth-order valence-corrected chi connectivity index (χ4v) is 2.10. The second kappa shape index (κ2) is 4.58. The molecular weight excluding hydrogens is 234 g/mol. The molecule has 0 bridgehead atoms. The number of rotatable bonds is 4. The van der Waals surface area contributed by atoms with Crippen LogP contribution in [0.1, 0.15) is 0 Å². The van der Waals surface area contributed by atoms with Crippen molar-refractivity contribution in [3.63, 3.8) is 0 Å². The van der Waals surface area contributed by atoms with Crippen LogP contribution in [0.5, 0.6) is 17.2 Å². The summed E-state index contributed by atoms with van der Waals surface area (Å²) in [7, 11) is 0.203. The third-order valence-electron chi connectivity index (χ3n) is 1.95. The molecule has 16 heavy (non-hydrogen) atoms. The zero-order valence-corrected chi connectivity index (χ0v) is 10.00. The summed E-state index contributed by atoms with van der Waals surface area (Å²) in [6, 6.07) is 2.84. The van der Waals surface area contributed by atoms with Crippen LogP contribution >= 0.6 is 0 Å². The molecule has 0 saturated carbocycles. The molecule has 1 aromatic rings. The maximum absolute atomic E-state index is 11.4. The summed E-state index contributed by atoms with van der Waals surface area (Å²) in [5, 5.41) is 5.07. The summed E-state index contributed by atoms with van der Waals surface area (Å²) in [4.78, 5) is -0.196. The number of benzene rings is 1. The fraction of sp³-hybridized carbons (Fsp3) is 0.333. The largest absolute Gasteiger partial charge is 0.496 e. The molecule has 0 heterocycles. The number of nitrogens with two attached hydrogens (primary N) is 1. The number of hydrogen-bond donors (Lipinski definition) is 1. The zero-order chi connectivity index (χ0) is 12.3. The van der Waals surface area contributed by atoms with Crippen molar-refractivity contribution in [3.8, 4) is 17.2 Å². The Hall–Kier alpha value is -1.47. The van der Waals surface area contributed by atoms with Gasteiger partial charge in [0, 0.05) is 12.1 Å². The first-order valence-electron chi connectivity index (χ1n) is 4.26. The van der Waals surface area contributed by atoms with E-state index in [4.69, 9.17) is 19.3 Å². The third-order valence-corrected chi connectivity index (χ3v) is 2.93. The molecule has 0 amide bonds. The van der Waals surface area contributed by atoms with Crippen molar-refractivity contribution in [3.05, 3.63) is 12.1 Å². The normalized spacial score (nSPS) is 11.0. The standard InChI is InChI=1S/C9H13NO5S/c1-13-6-4-7(14-2)9(16(10,11)12)8(5-6)15-3/h4-5H,1-3H3,(H2,10,11,12). The molecule has 6 nitrogen and oxygen atoms in total. The molecule has 1 rings (SSSR count).